The minimum atomic E-state index is -2.11. The van der Waals surface area contributed by atoms with E-state index >= 15 is 9.59 Å². The number of nitrogens with one attached hydrogen (secondary N) is 5. The number of aromatic hydroxyl groups is 6. The molecule has 0 radical (unpaired) electrons. The summed E-state index contributed by atoms with van der Waals surface area (Å²) < 4.78 is 23.4. The maximum atomic E-state index is 15.5. The molecule has 25 nitrogen and oxygen atoms in total. The standard InChI is InChI=1S/C59H51Cl2N7O18/c1-83-59(82)50-34-20-31(71)21-39(74)45(34)33-14-25(4-6-37(33)72)48-56(79)68-51(58(81)67-50)52(75)26-5-9-41(36(61)15-26)86-44-18-28-17-43(53(44)76)85-40-8-2-23(11-35(40)60)10-29(22-69)64-54(77)46(62)24-3-7-38(73)42(16-24)84-32-13-27(12-30(70)19-32)47(63)55(78)65-49(28)57(80)66-48/h2-9,11-21,29,46-52,69-76H,10,22,62-63H2,1H3,(H,64,77)(H,65,78)(H,66,80)(H,67,81)(H,68,79). The van der Waals surface area contributed by atoms with Crippen molar-refractivity contribution < 1.29 is 88.6 Å². The molecule has 17 N–H and O–H groups in total. The van der Waals surface area contributed by atoms with E-state index in [4.69, 9.17) is 53.6 Å². The maximum absolute atomic E-state index is 15.5. The van der Waals surface area contributed by atoms with Crippen molar-refractivity contribution in [3.63, 3.8) is 0 Å². The molecule has 8 unspecified atom stereocenters. The summed E-state index contributed by atoms with van der Waals surface area (Å²) >= 11 is 13.7. The molecule has 86 heavy (non-hydrogen) atoms. The summed E-state index contributed by atoms with van der Waals surface area (Å²) in [6.45, 7) is -0.564. The summed E-state index contributed by atoms with van der Waals surface area (Å²) in [6, 6.07) is 10.2. The summed E-state index contributed by atoms with van der Waals surface area (Å²) in [7, 11) is 0.971. The van der Waals surface area contributed by atoms with Crippen LogP contribution in [0.3, 0.4) is 0 Å². The number of phenols is 6. The second-order valence-corrected chi connectivity index (χ2v) is 21.0. The lowest BCUT2D eigenvalue weighted by Gasteiger charge is -2.31. The molecular weight excluding hydrogens is 1170 g/mol. The minimum Gasteiger partial charge on any atom is -0.508 e. The lowest BCUT2D eigenvalue weighted by Crippen LogP contribution is -2.55. The molecule has 5 aliphatic heterocycles. The van der Waals surface area contributed by atoms with Crippen molar-refractivity contribution in [3.05, 3.63) is 164 Å². The number of aliphatic hydroxyl groups is 2. The van der Waals surface area contributed by atoms with Crippen molar-refractivity contribution in [2.24, 2.45) is 11.5 Å². The van der Waals surface area contributed by atoms with E-state index in [2.05, 4.69) is 26.6 Å². The summed E-state index contributed by atoms with van der Waals surface area (Å²) in [5, 5.41) is 102. The van der Waals surface area contributed by atoms with Gasteiger partial charge in [0, 0.05) is 28.8 Å². The summed E-state index contributed by atoms with van der Waals surface area (Å²) in [4.78, 5) is 87.3. The van der Waals surface area contributed by atoms with Crippen LogP contribution in [-0.4, -0.2) is 102 Å². The first kappa shape index (κ1) is 59.2. The van der Waals surface area contributed by atoms with Crippen LogP contribution in [0.25, 0.3) is 11.1 Å². The first-order valence-electron chi connectivity index (χ1n) is 25.9. The lowest BCUT2D eigenvalue weighted by molar-refractivity contribution is -0.146. The molecule has 27 heteroatoms. The van der Waals surface area contributed by atoms with Crippen LogP contribution in [0, 0.1) is 0 Å². The number of methoxy groups -OCH3 is 1. The number of amides is 5. The van der Waals surface area contributed by atoms with Gasteiger partial charge in [-0.05, 0) is 119 Å². The van der Waals surface area contributed by atoms with Gasteiger partial charge in [0.15, 0.2) is 29.0 Å². The number of esters is 1. The van der Waals surface area contributed by atoms with Gasteiger partial charge in [0.25, 0.3) is 0 Å². The highest BCUT2D eigenvalue weighted by atomic mass is 35.5. The Bertz CT molecular complexity index is 3940. The van der Waals surface area contributed by atoms with Gasteiger partial charge in [-0.15, -0.1) is 0 Å². The molecule has 5 aliphatic rings. The third-order valence-electron chi connectivity index (χ3n) is 14.4. The van der Waals surface area contributed by atoms with Crippen LogP contribution >= 0.6 is 23.2 Å². The van der Waals surface area contributed by atoms with E-state index in [1.807, 2.05) is 0 Å². The number of hydrogen-bond acceptors (Lipinski definition) is 20. The number of carbonyl (C=O) groups is 6. The Morgan fingerprint density at radius 1 is 0.558 bits per heavy atom. The largest absolute Gasteiger partial charge is 0.508 e. The van der Waals surface area contributed by atoms with Crippen molar-refractivity contribution >= 4 is 58.7 Å². The monoisotopic (exact) mass is 1220 g/mol. The van der Waals surface area contributed by atoms with E-state index in [1.165, 1.54) is 60.7 Å². The highest BCUT2D eigenvalue weighted by molar-refractivity contribution is 6.32. The molecule has 5 amide bonds. The highest BCUT2D eigenvalue weighted by Gasteiger charge is 2.40. The van der Waals surface area contributed by atoms with Crippen molar-refractivity contribution in [3.8, 4) is 80.1 Å². The van der Waals surface area contributed by atoms with E-state index in [1.54, 1.807) is 0 Å². The number of aliphatic hydroxyl groups excluding tert-OH is 2. The van der Waals surface area contributed by atoms with Crippen molar-refractivity contribution in [2.75, 3.05) is 13.7 Å². The van der Waals surface area contributed by atoms with Crippen LogP contribution in [0.2, 0.25) is 10.0 Å². The predicted octanol–water partition coefficient (Wildman–Crippen LogP) is 4.89. The van der Waals surface area contributed by atoms with Gasteiger partial charge in [-0.3, -0.25) is 24.0 Å². The number of nitrogens with two attached hydrogens (primary N) is 2. The van der Waals surface area contributed by atoms with Gasteiger partial charge in [-0.1, -0.05) is 47.5 Å². The van der Waals surface area contributed by atoms with Crippen LogP contribution in [0.1, 0.15) is 75.3 Å². The molecule has 0 saturated heterocycles. The van der Waals surface area contributed by atoms with Crippen molar-refractivity contribution in [1.29, 1.82) is 0 Å². The van der Waals surface area contributed by atoms with Crippen LogP contribution < -0.4 is 52.3 Å². The Balaban J connectivity index is 1.18. The van der Waals surface area contributed by atoms with Gasteiger partial charge < -0.3 is 97.9 Å². The fraction of sp³-hybridized carbons (Fsp3) is 0.186. The van der Waals surface area contributed by atoms with Crippen molar-refractivity contribution in [1.82, 2.24) is 26.6 Å². The molecule has 0 spiro atoms. The molecule has 0 aromatic heterocycles. The van der Waals surface area contributed by atoms with E-state index < -0.39 is 137 Å². The number of halogens is 2. The molecule has 8 atom stereocenters. The Morgan fingerprint density at radius 3 is 1.84 bits per heavy atom. The topological polar surface area (TPSA) is 413 Å². The third-order valence-corrected chi connectivity index (χ3v) is 15.0. The van der Waals surface area contributed by atoms with E-state index in [9.17, 15) is 60.0 Å². The minimum absolute atomic E-state index is 0.0127. The normalized spacial score (nSPS) is 21.5. The molecule has 5 heterocycles. The molecule has 15 bridgehead atoms. The van der Waals surface area contributed by atoms with Gasteiger partial charge in [0.05, 0.1) is 29.8 Å². The fourth-order valence-corrected chi connectivity index (χ4v) is 10.5. The van der Waals surface area contributed by atoms with Crippen LogP contribution in [0.5, 0.6) is 69.0 Å². The van der Waals surface area contributed by atoms with Gasteiger partial charge >= 0.3 is 5.97 Å². The van der Waals surface area contributed by atoms with Gasteiger partial charge in [0.2, 0.25) is 35.3 Å². The molecule has 0 fully saturated rings. The van der Waals surface area contributed by atoms with Crippen LogP contribution in [0.4, 0.5) is 0 Å². The first-order valence-corrected chi connectivity index (χ1v) is 26.7. The maximum Gasteiger partial charge on any atom is 0.333 e. The molecule has 0 saturated carbocycles. The molecular formula is C59H51Cl2N7O18. The van der Waals surface area contributed by atoms with E-state index in [0.717, 1.165) is 61.7 Å². The Morgan fingerprint density at radius 2 is 1.15 bits per heavy atom. The molecule has 12 rings (SSSR count). The Kier molecular flexibility index (Phi) is 16.5. The second kappa shape index (κ2) is 23.9. The number of fused-ring (bicyclic) bond motifs is 15. The highest BCUT2D eigenvalue weighted by Crippen LogP contribution is 2.48. The smallest absolute Gasteiger partial charge is 0.333 e. The summed E-state index contributed by atoms with van der Waals surface area (Å²) in [6.07, 6.45) is -2.09. The number of rotatable bonds is 2. The van der Waals surface area contributed by atoms with Crippen molar-refractivity contribution in [2.45, 2.75) is 54.8 Å². The zero-order valence-corrected chi connectivity index (χ0v) is 46.1. The van der Waals surface area contributed by atoms with Gasteiger partial charge in [0.1, 0.15) is 76.6 Å². The first-order chi connectivity index (χ1) is 41.0. The predicted molar refractivity (Wildman–Crippen MR) is 302 cm³/mol. The third kappa shape index (κ3) is 11.9. The Hall–Kier alpha value is -10.0. The molecule has 0 aliphatic carbocycles. The van der Waals surface area contributed by atoms with Crippen LogP contribution in [0.15, 0.2) is 115 Å². The van der Waals surface area contributed by atoms with Gasteiger partial charge in [-0.2, -0.15) is 0 Å². The molecule has 7 aromatic rings. The number of carbonyl (C=O) groups excluding carboxylic acids is 6. The second-order valence-electron chi connectivity index (χ2n) is 20.1. The average molecular weight is 1220 g/mol. The number of ether oxygens (including phenoxy) is 4. The number of phenolic OH excluding ortho intramolecular Hbond substituents is 6. The molecule has 7 aromatic carbocycles. The van der Waals surface area contributed by atoms with E-state index in [0.29, 0.717) is 5.56 Å². The lowest BCUT2D eigenvalue weighted by atomic mass is 9.89. The average Bonchev–Trinajstić information content (AvgIpc) is 1.85. The molecule has 444 valence electrons. The number of hydrogen-bond donors (Lipinski definition) is 15. The van der Waals surface area contributed by atoms with Gasteiger partial charge in [-0.25, -0.2) is 4.79 Å². The fourth-order valence-electron chi connectivity index (χ4n) is 9.99. The summed E-state index contributed by atoms with van der Waals surface area (Å²) in [5.74, 6) is -12.5. The van der Waals surface area contributed by atoms with E-state index in [-0.39, 0.29) is 84.0 Å². The summed E-state index contributed by atoms with van der Waals surface area (Å²) in [5.41, 5.74) is 11.7. The number of benzene rings is 7. The zero-order chi connectivity index (χ0) is 61.6. The SMILES string of the molecule is COC(=O)C1NC(=O)C2NC(=O)C(NC(=O)C3NC(=O)C(N)c4cc(O)cc(c4)Oc4cc(ccc4O)C(N)C(=O)NC(CO)Cc4ccc(c(Cl)c4)Oc4cc3cc(c4O)Oc3ccc(cc3Cl)C2O)c2ccc(O)c(c2)-c2c(O)cc(O)cc21. The Labute approximate surface area is 496 Å². The van der Waals surface area contributed by atoms with Crippen LogP contribution in [-0.2, 0) is 39.9 Å². The quantitative estimate of drug-likeness (QED) is 0.102. The zero-order valence-electron chi connectivity index (χ0n) is 44.6.